The standard InChI is InChI=1S/C18H16N2O4S/c1-11(17(22)13-9-19-14-6-3-2-5-12(13)14)24-16(21)10-20-18(23)15-7-4-8-25-15/h2-9,11,19H,10H2,1H3,(H,20,23)/t11-/m1/s1. The number of H-pyrrole nitrogens is 1. The number of thiophene rings is 1. The highest BCUT2D eigenvalue weighted by Crippen LogP contribution is 2.19. The highest BCUT2D eigenvalue weighted by molar-refractivity contribution is 7.12. The third-order valence-electron chi connectivity index (χ3n) is 3.67. The average molecular weight is 356 g/mol. The van der Waals surface area contributed by atoms with E-state index in [1.54, 1.807) is 23.7 Å². The van der Waals surface area contributed by atoms with E-state index in [0.29, 0.717) is 10.4 Å². The van der Waals surface area contributed by atoms with Gasteiger partial charge in [-0.3, -0.25) is 14.4 Å². The van der Waals surface area contributed by atoms with Crippen LogP contribution in [0.1, 0.15) is 27.0 Å². The minimum Gasteiger partial charge on any atom is -0.453 e. The number of para-hydroxylation sites is 1. The number of hydrogen-bond acceptors (Lipinski definition) is 5. The van der Waals surface area contributed by atoms with Gasteiger partial charge in [-0.2, -0.15) is 0 Å². The maximum atomic E-state index is 12.5. The zero-order valence-corrected chi connectivity index (χ0v) is 14.3. The second-order valence-corrected chi connectivity index (χ2v) is 6.35. The van der Waals surface area contributed by atoms with Crippen LogP contribution in [0, 0.1) is 0 Å². The summed E-state index contributed by atoms with van der Waals surface area (Å²) in [4.78, 5) is 39.7. The van der Waals surface area contributed by atoms with Crippen LogP contribution in [0.2, 0.25) is 0 Å². The van der Waals surface area contributed by atoms with Gasteiger partial charge < -0.3 is 15.0 Å². The first-order valence-electron chi connectivity index (χ1n) is 7.68. The maximum absolute atomic E-state index is 12.5. The number of fused-ring (bicyclic) bond motifs is 1. The van der Waals surface area contributed by atoms with Gasteiger partial charge in [0.25, 0.3) is 5.91 Å². The second kappa shape index (κ2) is 7.31. The van der Waals surface area contributed by atoms with Crippen molar-refractivity contribution in [3.8, 4) is 0 Å². The van der Waals surface area contributed by atoms with Gasteiger partial charge in [0.2, 0.25) is 5.78 Å². The minimum atomic E-state index is -0.939. The second-order valence-electron chi connectivity index (χ2n) is 5.40. The summed E-state index contributed by atoms with van der Waals surface area (Å²) in [6.07, 6.45) is 0.668. The van der Waals surface area contributed by atoms with Gasteiger partial charge in [-0.1, -0.05) is 24.3 Å². The molecule has 3 rings (SSSR count). The lowest BCUT2D eigenvalue weighted by atomic mass is 10.1. The average Bonchev–Trinajstić information content (AvgIpc) is 3.28. The lowest BCUT2D eigenvalue weighted by Crippen LogP contribution is -2.33. The topological polar surface area (TPSA) is 88.3 Å². The Morgan fingerprint density at radius 3 is 2.76 bits per heavy atom. The summed E-state index contributed by atoms with van der Waals surface area (Å²) in [5.74, 6) is -1.30. The van der Waals surface area contributed by atoms with Crippen LogP contribution in [-0.2, 0) is 9.53 Å². The molecule has 2 aromatic heterocycles. The Balaban J connectivity index is 1.57. The summed E-state index contributed by atoms with van der Waals surface area (Å²) in [7, 11) is 0. The van der Waals surface area contributed by atoms with Gasteiger partial charge in [-0.25, -0.2) is 0 Å². The lowest BCUT2D eigenvalue weighted by Gasteiger charge is -2.12. The Morgan fingerprint density at radius 1 is 1.20 bits per heavy atom. The normalized spacial score (nSPS) is 11.9. The van der Waals surface area contributed by atoms with Crippen molar-refractivity contribution in [2.45, 2.75) is 13.0 Å². The number of carbonyl (C=O) groups is 3. The first kappa shape index (κ1) is 16.9. The molecule has 0 radical (unpaired) electrons. The summed E-state index contributed by atoms with van der Waals surface area (Å²) in [5, 5.41) is 5.03. The molecule has 0 unspecified atom stereocenters. The van der Waals surface area contributed by atoms with Crippen LogP contribution in [0.5, 0.6) is 0 Å². The van der Waals surface area contributed by atoms with Gasteiger partial charge in [0, 0.05) is 22.7 Å². The molecule has 1 amide bonds. The van der Waals surface area contributed by atoms with Crippen molar-refractivity contribution < 1.29 is 19.1 Å². The summed E-state index contributed by atoms with van der Waals surface area (Å²) in [6.45, 7) is 1.23. The highest BCUT2D eigenvalue weighted by Gasteiger charge is 2.22. The predicted molar refractivity (Wildman–Crippen MR) is 94.8 cm³/mol. The molecule has 1 aromatic carbocycles. The number of esters is 1. The van der Waals surface area contributed by atoms with Gasteiger partial charge in [0.1, 0.15) is 6.54 Å². The Kier molecular flexibility index (Phi) is 4.95. The van der Waals surface area contributed by atoms with Crippen LogP contribution < -0.4 is 5.32 Å². The first-order valence-corrected chi connectivity index (χ1v) is 8.55. The molecule has 1 atom stereocenters. The van der Waals surface area contributed by atoms with Crippen LogP contribution in [0.3, 0.4) is 0 Å². The molecule has 0 aliphatic carbocycles. The number of carbonyl (C=O) groups excluding carboxylic acids is 3. The molecule has 7 heteroatoms. The molecule has 128 valence electrons. The molecule has 0 aliphatic rings. The van der Waals surface area contributed by atoms with Crippen molar-refractivity contribution in [1.29, 1.82) is 0 Å². The van der Waals surface area contributed by atoms with Crippen LogP contribution >= 0.6 is 11.3 Å². The van der Waals surface area contributed by atoms with Crippen molar-refractivity contribution >= 4 is 39.9 Å². The quantitative estimate of drug-likeness (QED) is 0.525. The monoisotopic (exact) mass is 356 g/mol. The largest absolute Gasteiger partial charge is 0.453 e. The molecule has 2 heterocycles. The molecule has 0 saturated heterocycles. The third kappa shape index (κ3) is 3.77. The Hall–Kier alpha value is -2.93. The van der Waals surface area contributed by atoms with Crippen LogP contribution in [-0.4, -0.2) is 35.3 Å². The number of ketones is 1. The van der Waals surface area contributed by atoms with Gasteiger partial charge in [0.15, 0.2) is 6.10 Å². The fraction of sp³-hybridized carbons (Fsp3) is 0.167. The number of hydrogen-bond donors (Lipinski definition) is 2. The molecule has 0 saturated carbocycles. The summed E-state index contributed by atoms with van der Waals surface area (Å²) in [5.41, 5.74) is 1.31. The van der Waals surface area contributed by atoms with E-state index < -0.39 is 12.1 Å². The zero-order chi connectivity index (χ0) is 17.8. The zero-order valence-electron chi connectivity index (χ0n) is 13.4. The Bertz CT molecular complexity index is 914. The summed E-state index contributed by atoms with van der Waals surface area (Å²) in [6, 6.07) is 10.8. The maximum Gasteiger partial charge on any atom is 0.326 e. The van der Waals surface area contributed by atoms with E-state index in [1.807, 2.05) is 24.3 Å². The molecule has 25 heavy (non-hydrogen) atoms. The number of nitrogens with one attached hydrogen (secondary N) is 2. The van der Waals surface area contributed by atoms with Gasteiger partial charge in [-0.15, -0.1) is 11.3 Å². The van der Waals surface area contributed by atoms with Crippen LogP contribution in [0.15, 0.2) is 48.0 Å². The van der Waals surface area contributed by atoms with Crippen molar-refractivity contribution in [1.82, 2.24) is 10.3 Å². The molecule has 6 nitrogen and oxygen atoms in total. The molecule has 0 fully saturated rings. The van der Waals surface area contributed by atoms with E-state index in [4.69, 9.17) is 4.74 Å². The van der Waals surface area contributed by atoms with Crippen molar-refractivity contribution in [2.24, 2.45) is 0 Å². The van der Waals surface area contributed by atoms with Gasteiger partial charge in [-0.05, 0) is 24.4 Å². The fourth-order valence-electron chi connectivity index (χ4n) is 2.43. The number of aromatic amines is 1. The molecule has 0 aliphatic heterocycles. The van der Waals surface area contributed by atoms with E-state index in [-0.39, 0.29) is 18.2 Å². The third-order valence-corrected chi connectivity index (χ3v) is 4.54. The Labute approximate surface area is 147 Å². The van der Waals surface area contributed by atoms with Crippen LogP contribution in [0.25, 0.3) is 10.9 Å². The SMILES string of the molecule is C[C@@H](OC(=O)CNC(=O)c1cccs1)C(=O)c1c[nH]c2ccccc12. The smallest absolute Gasteiger partial charge is 0.326 e. The number of rotatable bonds is 6. The Morgan fingerprint density at radius 2 is 2.00 bits per heavy atom. The molecule has 2 N–H and O–H groups in total. The highest BCUT2D eigenvalue weighted by atomic mass is 32.1. The molecule has 0 spiro atoms. The number of Topliss-reactive ketones (excluding diaryl/α,β-unsaturated/α-hetero) is 1. The van der Waals surface area contributed by atoms with Crippen molar-refractivity contribution in [3.05, 3.63) is 58.4 Å². The van der Waals surface area contributed by atoms with Crippen LogP contribution in [0.4, 0.5) is 0 Å². The molecular weight excluding hydrogens is 340 g/mol. The minimum absolute atomic E-state index is 0.289. The lowest BCUT2D eigenvalue weighted by molar-refractivity contribution is -0.145. The van der Waals surface area contributed by atoms with E-state index in [0.717, 1.165) is 10.9 Å². The van der Waals surface area contributed by atoms with E-state index in [9.17, 15) is 14.4 Å². The number of ether oxygens (including phenoxy) is 1. The van der Waals surface area contributed by atoms with E-state index in [1.165, 1.54) is 18.3 Å². The molecule has 0 bridgehead atoms. The van der Waals surface area contributed by atoms with Crippen molar-refractivity contribution in [2.75, 3.05) is 6.54 Å². The van der Waals surface area contributed by atoms with Gasteiger partial charge >= 0.3 is 5.97 Å². The van der Waals surface area contributed by atoms with Gasteiger partial charge in [0.05, 0.1) is 4.88 Å². The summed E-state index contributed by atoms with van der Waals surface area (Å²) < 4.78 is 5.14. The molecule has 3 aromatic rings. The first-order chi connectivity index (χ1) is 12.1. The van der Waals surface area contributed by atoms with E-state index >= 15 is 0 Å². The molecular formula is C18H16N2O4S. The van der Waals surface area contributed by atoms with E-state index in [2.05, 4.69) is 10.3 Å². The predicted octanol–water partition coefficient (Wildman–Crippen LogP) is 2.77. The summed E-state index contributed by atoms with van der Waals surface area (Å²) >= 11 is 1.28. The number of aromatic nitrogens is 1. The van der Waals surface area contributed by atoms with Crippen molar-refractivity contribution in [3.63, 3.8) is 0 Å². The fourth-order valence-corrected chi connectivity index (χ4v) is 3.07. The number of benzene rings is 1. The number of amides is 1.